The average molecular weight is 243 g/mol. The van der Waals surface area contributed by atoms with Crippen molar-refractivity contribution >= 4 is 5.69 Å². The van der Waals surface area contributed by atoms with Gasteiger partial charge < -0.3 is 4.74 Å². The summed E-state index contributed by atoms with van der Waals surface area (Å²) in [6, 6.07) is 16.1. The molecule has 0 atom stereocenters. The van der Waals surface area contributed by atoms with Gasteiger partial charge in [0.1, 0.15) is 5.75 Å². The van der Waals surface area contributed by atoms with E-state index in [0.717, 1.165) is 5.75 Å². The Balaban J connectivity index is 1.97. The van der Waals surface area contributed by atoms with Crippen LogP contribution in [0, 0.1) is 10.1 Å². The Hall–Kier alpha value is -2.36. The number of nitrogens with zero attached hydrogens (tertiary/aromatic N) is 1. The molecule has 0 aliphatic carbocycles. The molecule has 0 radical (unpaired) electrons. The van der Waals surface area contributed by atoms with Crippen molar-refractivity contribution in [1.29, 1.82) is 0 Å². The van der Waals surface area contributed by atoms with E-state index in [1.807, 2.05) is 30.3 Å². The summed E-state index contributed by atoms with van der Waals surface area (Å²) in [4.78, 5) is 10.5. The fourth-order valence-electron chi connectivity index (χ4n) is 1.70. The highest BCUT2D eigenvalue weighted by Gasteiger charge is 2.11. The van der Waals surface area contributed by atoms with E-state index in [2.05, 4.69) is 0 Å². The van der Waals surface area contributed by atoms with E-state index in [1.54, 1.807) is 18.2 Å². The molecule has 4 nitrogen and oxygen atoms in total. The Labute approximate surface area is 105 Å². The average Bonchev–Trinajstić information content (AvgIpc) is 2.40. The van der Waals surface area contributed by atoms with Crippen molar-refractivity contribution in [2.75, 3.05) is 6.61 Å². The van der Waals surface area contributed by atoms with Crippen LogP contribution in [0.1, 0.15) is 5.56 Å². The minimum atomic E-state index is -0.363. The summed E-state index contributed by atoms with van der Waals surface area (Å²) < 4.78 is 5.52. The Morgan fingerprint density at radius 2 is 1.67 bits per heavy atom. The molecule has 92 valence electrons. The zero-order chi connectivity index (χ0) is 12.8. The van der Waals surface area contributed by atoms with Crippen molar-refractivity contribution in [2.24, 2.45) is 0 Å². The molecule has 2 aromatic carbocycles. The van der Waals surface area contributed by atoms with Gasteiger partial charge in [-0.25, -0.2) is 0 Å². The largest absolute Gasteiger partial charge is 0.493 e. The van der Waals surface area contributed by atoms with E-state index in [4.69, 9.17) is 4.74 Å². The molecule has 0 aliphatic rings. The molecule has 0 saturated heterocycles. The molecule has 0 amide bonds. The normalized spacial score (nSPS) is 10.0. The van der Waals surface area contributed by atoms with Gasteiger partial charge in [-0.05, 0) is 12.1 Å². The second-order valence-corrected chi connectivity index (χ2v) is 3.80. The van der Waals surface area contributed by atoms with Gasteiger partial charge in [-0.15, -0.1) is 0 Å². The first-order valence-corrected chi connectivity index (χ1v) is 5.67. The highest BCUT2D eigenvalue weighted by molar-refractivity contribution is 5.39. The van der Waals surface area contributed by atoms with E-state index in [0.29, 0.717) is 18.6 Å². The lowest BCUT2D eigenvalue weighted by Gasteiger charge is -2.06. The smallest absolute Gasteiger partial charge is 0.272 e. The third-order valence-electron chi connectivity index (χ3n) is 2.57. The molecule has 0 N–H and O–H groups in total. The molecular weight excluding hydrogens is 230 g/mol. The van der Waals surface area contributed by atoms with Crippen LogP contribution in [0.2, 0.25) is 0 Å². The standard InChI is InChI=1S/C14H13NO3/c16-15(17)14-9-5-4-6-12(14)10-11-18-13-7-2-1-3-8-13/h1-9H,10-11H2. The minimum Gasteiger partial charge on any atom is -0.493 e. The Morgan fingerprint density at radius 3 is 2.39 bits per heavy atom. The first-order chi connectivity index (χ1) is 8.77. The second kappa shape index (κ2) is 5.82. The summed E-state index contributed by atoms with van der Waals surface area (Å²) in [6.45, 7) is 0.425. The summed E-state index contributed by atoms with van der Waals surface area (Å²) in [5.41, 5.74) is 0.840. The first kappa shape index (κ1) is 12.1. The molecule has 0 heterocycles. The van der Waals surface area contributed by atoms with Crippen molar-refractivity contribution in [3.05, 3.63) is 70.3 Å². The topological polar surface area (TPSA) is 52.4 Å². The summed E-state index contributed by atoms with van der Waals surface area (Å²) in [7, 11) is 0. The van der Waals surface area contributed by atoms with Crippen LogP contribution in [0.5, 0.6) is 5.75 Å². The van der Waals surface area contributed by atoms with E-state index >= 15 is 0 Å². The lowest BCUT2D eigenvalue weighted by Crippen LogP contribution is -2.03. The number of hydrogen-bond donors (Lipinski definition) is 0. The maximum Gasteiger partial charge on any atom is 0.272 e. The van der Waals surface area contributed by atoms with Crippen LogP contribution in [-0.4, -0.2) is 11.5 Å². The monoisotopic (exact) mass is 243 g/mol. The Bertz CT molecular complexity index is 526. The van der Waals surface area contributed by atoms with Crippen molar-refractivity contribution in [3.8, 4) is 5.75 Å². The summed E-state index contributed by atoms with van der Waals surface area (Å²) >= 11 is 0. The van der Waals surface area contributed by atoms with Crippen molar-refractivity contribution in [1.82, 2.24) is 0 Å². The van der Waals surface area contributed by atoms with Crippen LogP contribution in [-0.2, 0) is 6.42 Å². The highest BCUT2D eigenvalue weighted by atomic mass is 16.6. The van der Waals surface area contributed by atoms with Crippen LogP contribution in [0.15, 0.2) is 54.6 Å². The third kappa shape index (κ3) is 3.07. The number of nitro benzene ring substituents is 1. The van der Waals surface area contributed by atoms with Gasteiger partial charge in [0, 0.05) is 18.1 Å². The number of hydrogen-bond acceptors (Lipinski definition) is 3. The number of rotatable bonds is 5. The molecule has 0 fully saturated rings. The van der Waals surface area contributed by atoms with Crippen molar-refractivity contribution in [3.63, 3.8) is 0 Å². The molecule has 0 aromatic heterocycles. The van der Waals surface area contributed by atoms with Gasteiger partial charge in [0.2, 0.25) is 0 Å². The van der Waals surface area contributed by atoms with Gasteiger partial charge in [0.15, 0.2) is 0 Å². The van der Waals surface area contributed by atoms with E-state index in [-0.39, 0.29) is 10.6 Å². The van der Waals surface area contributed by atoms with Crippen LogP contribution < -0.4 is 4.74 Å². The second-order valence-electron chi connectivity index (χ2n) is 3.80. The first-order valence-electron chi connectivity index (χ1n) is 5.67. The maximum atomic E-state index is 10.8. The molecule has 0 saturated carbocycles. The molecule has 4 heteroatoms. The van der Waals surface area contributed by atoms with Crippen LogP contribution >= 0.6 is 0 Å². The number of nitro groups is 1. The van der Waals surface area contributed by atoms with Crippen LogP contribution in [0.3, 0.4) is 0 Å². The van der Waals surface area contributed by atoms with E-state index in [1.165, 1.54) is 6.07 Å². The van der Waals surface area contributed by atoms with Crippen LogP contribution in [0.4, 0.5) is 5.69 Å². The Morgan fingerprint density at radius 1 is 1.00 bits per heavy atom. The molecule has 0 bridgehead atoms. The van der Waals surface area contributed by atoms with Gasteiger partial charge in [0.25, 0.3) is 5.69 Å². The van der Waals surface area contributed by atoms with Gasteiger partial charge in [0.05, 0.1) is 11.5 Å². The minimum absolute atomic E-state index is 0.147. The van der Waals surface area contributed by atoms with E-state index in [9.17, 15) is 10.1 Å². The fraction of sp³-hybridized carbons (Fsp3) is 0.143. The lowest BCUT2D eigenvalue weighted by molar-refractivity contribution is -0.385. The zero-order valence-corrected chi connectivity index (χ0v) is 9.78. The van der Waals surface area contributed by atoms with E-state index < -0.39 is 0 Å². The molecule has 2 rings (SSSR count). The SMILES string of the molecule is O=[N+]([O-])c1ccccc1CCOc1ccccc1. The summed E-state index contributed by atoms with van der Waals surface area (Å²) in [6.07, 6.45) is 0.520. The summed E-state index contributed by atoms with van der Waals surface area (Å²) in [5, 5.41) is 10.8. The molecule has 2 aromatic rings. The molecule has 0 unspecified atom stereocenters. The Kier molecular flexibility index (Phi) is 3.91. The maximum absolute atomic E-state index is 10.8. The zero-order valence-electron chi connectivity index (χ0n) is 9.78. The lowest BCUT2D eigenvalue weighted by atomic mass is 10.1. The molecular formula is C14H13NO3. The van der Waals surface area contributed by atoms with Crippen LogP contribution in [0.25, 0.3) is 0 Å². The third-order valence-corrected chi connectivity index (χ3v) is 2.57. The summed E-state index contributed by atoms with van der Waals surface area (Å²) in [5.74, 6) is 0.774. The van der Waals surface area contributed by atoms with Gasteiger partial charge in [-0.3, -0.25) is 10.1 Å². The fourth-order valence-corrected chi connectivity index (χ4v) is 1.70. The van der Waals surface area contributed by atoms with Gasteiger partial charge in [-0.1, -0.05) is 36.4 Å². The molecule has 0 spiro atoms. The van der Waals surface area contributed by atoms with Gasteiger partial charge >= 0.3 is 0 Å². The highest BCUT2D eigenvalue weighted by Crippen LogP contribution is 2.18. The van der Waals surface area contributed by atoms with Crippen molar-refractivity contribution < 1.29 is 9.66 Å². The number of ether oxygens (including phenoxy) is 1. The predicted molar refractivity (Wildman–Crippen MR) is 68.7 cm³/mol. The quantitative estimate of drug-likeness (QED) is 0.598. The van der Waals surface area contributed by atoms with Gasteiger partial charge in [-0.2, -0.15) is 0 Å². The van der Waals surface area contributed by atoms with Crippen molar-refractivity contribution in [2.45, 2.75) is 6.42 Å². The predicted octanol–water partition coefficient (Wildman–Crippen LogP) is 3.22. The molecule has 18 heavy (non-hydrogen) atoms. The number of benzene rings is 2. The molecule has 0 aliphatic heterocycles. The number of para-hydroxylation sites is 2.